The Morgan fingerprint density at radius 3 is 2.93 bits per heavy atom. The van der Waals surface area contributed by atoms with Crippen molar-refractivity contribution >= 4 is 11.9 Å². The van der Waals surface area contributed by atoms with E-state index in [2.05, 4.69) is 10.3 Å². The van der Waals surface area contributed by atoms with Gasteiger partial charge in [0.15, 0.2) is 0 Å². The standard InChI is InChI=1S/C10H12N2O2/c1-6-4-7-8(11-5-6)12-9(13)14-10(7,2)3/h4-5H,1-3H3,(H,11,12,13). The number of aromatic nitrogens is 1. The molecule has 1 aliphatic heterocycles. The van der Waals surface area contributed by atoms with E-state index in [9.17, 15) is 4.79 Å². The van der Waals surface area contributed by atoms with Gasteiger partial charge in [0.25, 0.3) is 0 Å². The SMILES string of the molecule is Cc1cnc2c(c1)C(C)(C)OC(=O)N2. The van der Waals surface area contributed by atoms with Crippen LogP contribution in [0.25, 0.3) is 0 Å². The van der Waals surface area contributed by atoms with Gasteiger partial charge in [0, 0.05) is 11.8 Å². The van der Waals surface area contributed by atoms with E-state index in [1.54, 1.807) is 6.20 Å². The first-order chi connectivity index (χ1) is 6.49. The Hall–Kier alpha value is -1.58. The number of carbonyl (C=O) groups is 1. The smallest absolute Gasteiger partial charge is 0.413 e. The topological polar surface area (TPSA) is 51.2 Å². The molecule has 0 atom stereocenters. The number of hydrogen-bond donors (Lipinski definition) is 1. The molecule has 1 aliphatic rings. The number of ether oxygens (including phenoxy) is 1. The predicted octanol–water partition coefficient (Wildman–Crippen LogP) is 2.19. The summed E-state index contributed by atoms with van der Waals surface area (Å²) in [7, 11) is 0. The number of aryl methyl sites for hydroxylation is 1. The van der Waals surface area contributed by atoms with Gasteiger partial charge >= 0.3 is 6.09 Å². The number of nitrogens with zero attached hydrogens (tertiary/aromatic N) is 1. The highest BCUT2D eigenvalue weighted by Crippen LogP contribution is 2.34. The third-order valence-corrected chi connectivity index (χ3v) is 2.24. The summed E-state index contributed by atoms with van der Waals surface area (Å²) in [6, 6.07) is 1.97. The first-order valence-corrected chi connectivity index (χ1v) is 4.46. The molecular formula is C10H12N2O2. The lowest BCUT2D eigenvalue weighted by Crippen LogP contribution is -2.35. The minimum Gasteiger partial charge on any atom is -0.438 e. The van der Waals surface area contributed by atoms with Crippen LogP contribution >= 0.6 is 0 Å². The lowest BCUT2D eigenvalue weighted by Gasteiger charge is -2.31. The molecule has 1 aromatic rings. The molecule has 14 heavy (non-hydrogen) atoms. The number of nitrogens with one attached hydrogen (secondary N) is 1. The van der Waals surface area contributed by atoms with E-state index in [4.69, 9.17) is 4.74 Å². The summed E-state index contributed by atoms with van der Waals surface area (Å²) in [6.45, 7) is 5.66. The second-order valence-corrected chi connectivity index (χ2v) is 3.93. The fraction of sp³-hybridized carbons (Fsp3) is 0.400. The summed E-state index contributed by atoms with van der Waals surface area (Å²) >= 11 is 0. The third-order valence-electron chi connectivity index (χ3n) is 2.24. The summed E-state index contributed by atoms with van der Waals surface area (Å²) in [5, 5.41) is 2.57. The highest BCUT2D eigenvalue weighted by Gasteiger charge is 2.34. The summed E-state index contributed by atoms with van der Waals surface area (Å²) < 4.78 is 5.17. The zero-order valence-corrected chi connectivity index (χ0v) is 8.42. The molecule has 4 nitrogen and oxygen atoms in total. The van der Waals surface area contributed by atoms with Crippen molar-refractivity contribution in [1.29, 1.82) is 0 Å². The van der Waals surface area contributed by atoms with Crippen LogP contribution in [0.4, 0.5) is 10.6 Å². The molecule has 0 aromatic carbocycles. The Bertz CT molecular complexity index is 399. The molecule has 74 valence electrons. The fourth-order valence-corrected chi connectivity index (χ4v) is 1.54. The quantitative estimate of drug-likeness (QED) is 0.685. The molecule has 2 rings (SSSR count). The van der Waals surface area contributed by atoms with Crippen molar-refractivity contribution < 1.29 is 9.53 Å². The van der Waals surface area contributed by atoms with Crippen molar-refractivity contribution in [3.63, 3.8) is 0 Å². The Labute approximate surface area is 82.3 Å². The molecule has 2 heterocycles. The average Bonchev–Trinajstić information content (AvgIpc) is 2.05. The first kappa shape index (κ1) is 8.99. The molecule has 0 unspecified atom stereocenters. The number of fused-ring (bicyclic) bond motifs is 1. The number of carbonyl (C=O) groups excluding carboxylic acids is 1. The van der Waals surface area contributed by atoms with Gasteiger partial charge in [0.05, 0.1) is 0 Å². The van der Waals surface area contributed by atoms with Crippen LogP contribution in [0.3, 0.4) is 0 Å². The monoisotopic (exact) mass is 192 g/mol. The predicted molar refractivity (Wildman–Crippen MR) is 52.1 cm³/mol. The minimum absolute atomic E-state index is 0.446. The van der Waals surface area contributed by atoms with Crippen molar-refractivity contribution in [1.82, 2.24) is 4.98 Å². The molecule has 1 aromatic heterocycles. The van der Waals surface area contributed by atoms with Crippen molar-refractivity contribution in [2.45, 2.75) is 26.4 Å². The van der Waals surface area contributed by atoms with Crippen LogP contribution in [-0.2, 0) is 10.3 Å². The first-order valence-electron chi connectivity index (χ1n) is 4.46. The molecule has 0 saturated carbocycles. The fourth-order valence-electron chi connectivity index (χ4n) is 1.54. The number of amides is 1. The number of hydrogen-bond acceptors (Lipinski definition) is 3. The van der Waals surface area contributed by atoms with Crippen molar-refractivity contribution in [3.05, 3.63) is 23.4 Å². The lowest BCUT2D eigenvalue weighted by molar-refractivity contribution is 0.0415. The van der Waals surface area contributed by atoms with Crippen LogP contribution in [0.15, 0.2) is 12.3 Å². The summed E-state index contributed by atoms with van der Waals surface area (Å²) in [4.78, 5) is 15.3. The highest BCUT2D eigenvalue weighted by atomic mass is 16.6. The molecule has 1 N–H and O–H groups in total. The molecular weight excluding hydrogens is 180 g/mol. The van der Waals surface area contributed by atoms with Gasteiger partial charge in [-0.05, 0) is 32.4 Å². The number of cyclic esters (lactones) is 1. The number of rotatable bonds is 0. The maximum atomic E-state index is 11.2. The molecule has 1 amide bonds. The van der Waals surface area contributed by atoms with Crippen molar-refractivity contribution in [3.8, 4) is 0 Å². The second kappa shape index (κ2) is 2.70. The van der Waals surface area contributed by atoms with E-state index in [-0.39, 0.29) is 0 Å². The van der Waals surface area contributed by atoms with Crippen LogP contribution in [0, 0.1) is 6.92 Å². The van der Waals surface area contributed by atoms with E-state index < -0.39 is 11.7 Å². The third kappa shape index (κ3) is 1.32. The lowest BCUT2D eigenvalue weighted by atomic mass is 9.96. The van der Waals surface area contributed by atoms with E-state index in [1.165, 1.54) is 0 Å². The van der Waals surface area contributed by atoms with E-state index in [0.29, 0.717) is 5.82 Å². The number of anilines is 1. The maximum absolute atomic E-state index is 11.2. The molecule has 0 saturated heterocycles. The van der Waals surface area contributed by atoms with Gasteiger partial charge in [0.1, 0.15) is 11.4 Å². The van der Waals surface area contributed by atoms with E-state index in [0.717, 1.165) is 11.1 Å². The van der Waals surface area contributed by atoms with E-state index >= 15 is 0 Å². The van der Waals surface area contributed by atoms with Gasteiger partial charge in [-0.2, -0.15) is 0 Å². The molecule has 4 heteroatoms. The van der Waals surface area contributed by atoms with Gasteiger partial charge in [0.2, 0.25) is 0 Å². The van der Waals surface area contributed by atoms with Crippen LogP contribution in [-0.4, -0.2) is 11.1 Å². The van der Waals surface area contributed by atoms with Crippen LogP contribution in [0.1, 0.15) is 25.0 Å². The van der Waals surface area contributed by atoms with Crippen LogP contribution in [0.5, 0.6) is 0 Å². The largest absolute Gasteiger partial charge is 0.438 e. The van der Waals surface area contributed by atoms with Crippen LogP contribution < -0.4 is 5.32 Å². The maximum Gasteiger partial charge on any atom is 0.413 e. The van der Waals surface area contributed by atoms with Crippen LogP contribution in [0.2, 0.25) is 0 Å². The summed E-state index contributed by atoms with van der Waals surface area (Å²) in [6.07, 6.45) is 1.28. The molecule has 0 radical (unpaired) electrons. The highest BCUT2D eigenvalue weighted by molar-refractivity contribution is 5.87. The summed E-state index contributed by atoms with van der Waals surface area (Å²) in [5.74, 6) is 0.594. The average molecular weight is 192 g/mol. The van der Waals surface area contributed by atoms with E-state index in [1.807, 2.05) is 26.8 Å². The Balaban J connectivity index is 2.58. The second-order valence-electron chi connectivity index (χ2n) is 3.93. The molecule has 0 aliphatic carbocycles. The number of pyridine rings is 1. The van der Waals surface area contributed by atoms with Gasteiger partial charge in [-0.3, -0.25) is 5.32 Å². The zero-order valence-electron chi connectivity index (χ0n) is 8.42. The Morgan fingerprint density at radius 2 is 2.21 bits per heavy atom. The van der Waals surface area contributed by atoms with Gasteiger partial charge in [-0.25, -0.2) is 9.78 Å². The Morgan fingerprint density at radius 1 is 1.50 bits per heavy atom. The van der Waals surface area contributed by atoms with Gasteiger partial charge in [-0.15, -0.1) is 0 Å². The van der Waals surface area contributed by atoms with Gasteiger partial charge < -0.3 is 4.74 Å². The van der Waals surface area contributed by atoms with Gasteiger partial charge in [-0.1, -0.05) is 0 Å². The Kier molecular flexibility index (Phi) is 1.74. The normalized spacial score (nSPS) is 18.1. The summed E-state index contributed by atoms with van der Waals surface area (Å²) in [5.41, 5.74) is 1.37. The zero-order chi connectivity index (χ0) is 10.3. The van der Waals surface area contributed by atoms with Crippen molar-refractivity contribution in [2.24, 2.45) is 0 Å². The molecule has 0 spiro atoms. The van der Waals surface area contributed by atoms with Crippen molar-refractivity contribution in [2.75, 3.05) is 5.32 Å². The molecule has 0 bridgehead atoms. The minimum atomic E-state index is -0.601. The molecule has 0 fully saturated rings.